The Hall–Kier alpha value is 1.43. The molecule has 68 valence electrons. The fourth-order valence-corrected chi connectivity index (χ4v) is 1.85. The van der Waals surface area contributed by atoms with Crippen LogP contribution < -0.4 is 56.5 Å². The molecule has 1 rings (SSSR count). The van der Waals surface area contributed by atoms with Gasteiger partial charge in [-0.1, -0.05) is 37.0 Å². The Morgan fingerprint density at radius 3 is 2.15 bits per heavy atom. The molecule has 0 aromatic heterocycles. The zero-order chi connectivity index (χ0) is 9.52. The number of rotatable bonds is 2. The van der Waals surface area contributed by atoms with Crippen LogP contribution in [0.2, 0.25) is 0 Å². The molecular weight excluding hydrogens is 238 g/mol. The molecule has 0 aromatic carbocycles. The summed E-state index contributed by atoms with van der Waals surface area (Å²) in [7, 11) is 0. The monoisotopic (exact) mass is 246 g/mol. The summed E-state index contributed by atoms with van der Waals surface area (Å²) in [5.41, 5.74) is -0.270. The Balaban J connectivity index is 0.00000144. The molecule has 1 aliphatic rings. The Bertz CT molecular complexity index is 247. The molecule has 5 heteroatoms. The molecule has 0 aromatic rings. The van der Waals surface area contributed by atoms with Gasteiger partial charge in [0.25, 0.3) is 0 Å². The predicted octanol–water partition coefficient (Wildman–Crippen LogP) is -1.67. The van der Waals surface area contributed by atoms with Gasteiger partial charge in [0.1, 0.15) is 4.49 Å². The van der Waals surface area contributed by atoms with E-state index in [9.17, 15) is 9.90 Å². The first-order valence-electron chi connectivity index (χ1n) is 3.61. The number of carbonyl (C=O) groups excluding carboxylic acids is 1. The number of halogens is 2. The fourth-order valence-electron chi connectivity index (χ4n) is 1.57. The molecule has 1 aliphatic carbocycles. The maximum atomic E-state index is 10.5. The van der Waals surface area contributed by atoms with Crippen LogP contribution in [0.15, 0.2) is 10.6 Å². The largest absolute Gasteiger partial charge is 1.00 e. The number of carbonyl (C=O) groups is 1. The molecule has 0 radical (unpaired) electrons. The topological polar surface area (TPSA) is 40.1 Å². The summed E-state index contributed by atoms with van der Waals surface area (Å²) >= 11 is 10.8. The molecule has 1 fully saturated rings. The quantitative estimate of drug-likeness (QED) is 0.547. The standard InChI is InChI=1S/C8H10Cl2O2.K/c1-8(2)4(3-5(9)10)6(8)7(11)12;/h3-4,6H,1-2H3,(H,11,12);/q;+1/p-1/t4-,6-;/m0./s1. The predicted molar refractivity (Wildman–Crippen MR) is 45.6 cm³/mol. The molecule has 2 nitrogen and oxygen atoms in total. The van der Waals surface area contributed by atoms with E-state index in [4.69, 9.17) is 23.2 Å². The van der Waals surface area contributed by atoms with E-state index < -0.39 is 11.9 Å². The molecule has 0 aliphatic heterocycles. The van der Waals surface area contributed by atoms with Crippen molar-refractivity contribution < 1.29 is 61.3 Å². The van der Waals surface area contributed by atoms with E-state index in [1.165, 1.54) is 0 Å². The van der Waals surface area contributed by atoms with Crippen molar-refractivity contribution in [1.29, 1.82) is 0 Å². The van der Waals surface area contributed by atoms with Crippen LogP contribution in [-0.2, 0) is 4.79 Å². The minimum atomic E-state index is -1.03. The molecule has 13 heavy (non-hydrogen) atoms. The molecule has 2 atom stereocenters. The van der Waals surface area contributed by atoms with E-state index in [0.29, 0.717) is 0 Å². The van der Waals surface area contributed by atoms with Crippen molar-refractivity contribution in [1.82, 2.24) is 0 Å². The van der Waals surface area contributed by atoms with E-state index in [2.05, 4.69) is 0 Å². The van der Waals surface area contributed by atoms with Crippen LogP contribution in [0, 0.1) is 17.3 Å². The van der Waals surface area contributed by atoms with E-state index in [1.54, 1.807) is 6.08 Å². The normalized spacial score (nSPS) is 28.6. The number of hydrogen-bond acceptors (Lipinski definition) is 2. The number of allylic oxidation sites excluding steroid dienone is 1. The van der Waals surface area contributed by atoms with Gasteiger partial charge in [0.15, 0.2) is 0 Å². The molecule has 0 spiro atoms. The molecule has 0 bridgehead atoms. The molecule has 0 amide bonds. The van der Waals surface area contributed by atoms with Gasteiger partial charge in [-0.05, 0) is 17.4 Å². The minimum Gasteiger partial charge on any atom is -0.550 e. The summed E-state index contributed by atoms with van der Waals surface area (Å²) in [6.07, 6.45) is 1.56. The van der Waals surface area contributed by atoms with E-state index in [-0.39, 0.29) is 67.2 Å². The Labute approximate surface area is 130 Å². The molecular formula is C8H9Cl2KO2. The minimum absolute atomic E-state index is 0. The summed E-state index contributed by atoms with van der Waals surface area (Å²) in [6, 6.07) is 0. The Morgan fingerprint density at radius 2 is 1.92 bits per heavy atom. The van der Waals surface area contributed by atoms with Crippen LogP contribution in [0.3, 0.4) is 0 Å². The second kappa shape index (κ2) is 4.97. The van der Waals surface area contributed by atoms with Crippen LogP contribution in [0.1, 0.15) is 13.8 Å². The second-order valence-electron chi connectivity index (χ2n) is 3.60. The zero-order valence-corrected chi connectivity index (χ0v) is 12.4. The molecule has 0 unspecified atom stereocenters. The molecule has 1 saturated carbocycles. The van der Waals surface area contributed by atoms with Crippen molar-refractivity contribution in [2.45, 2.75) is 13.8 Å². The molecule has 0 N–H and O–H groups in total. The maximum absolute atomic E-state index is 10.5. The third-order valence-corrected chi connectivity index (χ3v) is 2.72. The van der Waals surface area contributed by atoms with Crippen LogP contribution >= 0.6 is 23.2 Å². The van der Waals surface area contributed by atoms with Crippen molar-refractivity contribution in [2.24, 2.45) is 17.3 Å². The van der Waals surface area contributed by atoms with E-state index in [0.717, 1.165) is 0 Å². The summed E-state index contributed by atoms with van der Waals surface area (Å²) in [5.74, 6) is -1.58. The van der Waals surface area contributed by atoms with Gasteiger partial charge >= 0.3 is 51.4 Å². The van der Waals surface area contributed by atoms with Crippen LogP contribution in [0.25, 0.3) is 0 Å². The van der Waals surface area contributed by atoms with Gasteiger partial charge in [-0.3, -0.25) is 0 Å². The smallest absolute Gasteiger partial charge is 0.550 e. The van der Waals surface area contributed by atoms with Crippen molar-refractivity contribution >= 4 is 29.2 Å². The van der Waals surface area contributed by atoms with Gasteiger partial charge in [-0.25, -0.2) is 0 Å². The number of carboxylic acids is 1. The van der Waals surface area contributed by atoms with Gasteiger partial charge in [0.2, 0.25) is 0 Å². The first kappa shape index (κ1) is 14.4. The van der Waals surface area contributed by atoms with Crippen LogP contribution in [-0.4, -0.2) is 5.97 Å². The molecule has 0 saturated heterocycles. The SMILES string of the molecule is CC1(C)[C@H](C(=O)[O-])[C@@H]1C=C(Cl)Cl.[K+]. The van der Waals surface area contributed by atoms with Crippen molar-refractivity contribution in [3.8, 4) is 0 Å². The van der Waals surface area contributed by atoms with E-state index >= 15 is 0 Å². The average Bonchev–Trinajstić information content (AvgIpc) is 2.32. The number of aliphatic carboxylic acids is 1. The zero-order valence-electron chi connectivity index (χ0n) is 7.80. The third kappa shape index (κ3) is 3.19. The van der Waals surface area contributed by atoms with Crippen molar-refractivity contribution in [2.75, 3.05) is 0 Å². The maximum Gasteiger partial charge on any atom is 1.00 e. The first-order chi connectivity index (χ1) is 5.37. The second-order valence-corrected chi connectivity index (χ2v) is 4.61. The van der Waals surface area contributed by atoms with Crippen LogP contribution in [0.5, 0.6) is 0 Å². The summed E-state index contributed by atoms with van der Waals surface area (Å²) in [6.45, 7) is 3.71. The van der Waals surface area contributed by atoms with Gasteiger partial charge in [-0.2, -0.15) is 0 Å². The fraction of sp³-hybridized carbons (Fsp3) is 0.625. The van der Waals surface area contributed by atoms with Gasteiger partial charge in [0.05, 0.1) is 0 Å². The average molecular weight is 247 g/mol. The number of hydrogen-bond donors (Lipinski definition) is 0. The Morgan fingerprint density at radius 1 is 1.46 bits per heavy atom. The summed E-state index contributed by atoms with van der Waals surface area (Å²) < 4.78 is 0.122. The van der Waals surface area contributed by atoms with E-state index in [1.807, 2.05) is 13.8 Å². The first-order valence-corrected chi connectivity index (χ1v) is 4.36. The van der Waals surface area contributed by atoms with Crippen molar-refractivity contribution in [3.63, 3.8) is 0 Å². The molecule has 0 heterocycles. The summed E-state index contributed by atoms with van der Waals surface area (Å²) in [4.78, 5) is 10.5. The van der Waals surface area contributed by atoms with Gasteiger partial charge < -0.3 is 9.90 Å². The van der Waals surface area contributed by atoms with Gasteiger partial charge in [0, 0.05) is 11.9 Å². The van der Waals surface area contributed by atoms with Crippen molar-refractivity contribution in [3.05, 3.63) is 10.6 Å². The van der Waals surface area contributed by atoms with Crippen LogP contribution in [0.4, 0.5) is 0 Å². The van der Waals surface area contributed by atoms with Gasteiger partial charge in [-0.15, -0.1) is 0 Å². The number of carboxylic acid groups (broad SMARTS) is 1. The summed E-state index contributed by atoms with van der Waals surface area (Å²) in [5, 5.41) is 10.5. The Kier molecular flexibility index (Phi) is 5.51. The third-order valence-electron chi connectivity index (χ3n) is 2.47.